The molecule has 1 heterocycles. The molecule has 1 aromatic rings. The first-order valence-corrected chi connectivity index (χ1v) is 8.48. The molecule has 1 aromatic carbocycles. The van der Waals surface area contributed by atoms with Gasteiger partial charge in [-0.25, -0.2) is 4.39 Å². The number of hydrogen-bond donors (Lipinski definition) is 1. The van der Waals surface area contributed by atoms with Crippen LogP contribution in [0.2, 0.25) is 0 Å². The Morgan fingerprint density at radius 2 is 2.00 bits per heavy atom. The number of rotatable bonds is 3. The Hall–Kier alpha value is -1.35. The smallest absolute Gasteiger partial charge is 0.122 e. The van der Waals surface area contributed by atoms with E-state index in [-0.39, 0.29) is 6.04 Å². The van der Waals surface area contributed by atoms with Crippen molar-refractivity contribution >= 4 is 6.08 Å². The van der Waals surface area contributed by atoms with Gasteiger partial charge in [-0.1, -0.05) is 12.1 Å². The number of hydrogen-bond acceptors (Lipinski definition) is 2. The molecule has 0 radical (unpaired) electrons. The fourth-order valence-electron chi connectivity index (χ4n) is 4.04. The first-order valence-electron chi connectivity index (χ1n) is 8.48. The molecule has 4 rings (SSSR count). The molecule has 0 saturated heterocycles. The van der Waals surface area contributed by atoms with Gasteiger partial charge in [-0.05, 0) is 73.8 Å². The summed E-state index contributed by atoms with van der Waals surface area (Å²) < 4.78 is 14.3. The molecule has 1 aliphatic heterocycles. The summed E-state index contributed by atoms with van der Waals surface area (Å²) in [6, 6.07) is 4.61. The molecule has 2 aliphatic carbocycles. The third kappa shape index (κ3) is 2.45. The number of nitrogens with two attached hydrogens (primary N) is 1. The summed E-state index contributed by atoms with van der Waals surface area (Å²) >= 11 is 0. The van der Waals surface area contributed by atoms with Gasteiger partial charge < -0.3 is 10.6 Å². The fraction of sp³-hybridized carbons (Fsp3) is 0.579. The number of nitrogens with zero attached hydrogens (tertiary/aromatic N) is 1. The minimum Gasteiger partial charge on any atom is -0.367 e. The van der Waals surface area contributed by atoms with Crippen molar-refractivity contribution in [2.24, 2.45) is 11.7 Å². The van der Waals surface area contributed by atoms with Crippen LogP contribution in [0, 0.1) is 5.92 Å². The number of alkyl halides is 1. The Kier molecular flexibility index (Phi) is 3.12. The molecule has 3 heteroatoms. The van der Waals surface area contributed by atoms with E-state index in [1.54, 1.807) is 13.8 Å². The maximum Gasteiger partial charge on any atom is 0.122 e. The Bertz CT molecular complexity index is 638. The van der Waals surface area contributed by atoms with Crippen molar-refractivity contribution in [2.45, 2.75) is 57.8 Å². The van der Waals surface area contributed by atoms with Gasteiger partial charge in [-0.2, -0.15) is 0 Å². The molecule has 1 unspecified atom stereocenters. The van der Waals surface area contributed by atoms with Crippen LogP contribution in [-0.4, -0.2) is 17.1 Å². The van der Waals surface area contributed by atoms with Crippen molar-refractivity contribution in [3.63, 3.8) is 0 Å². The average molecular weight is 300 g/mol. The molecule has 0 spiro atoms. The van der Waals surface area contributed by atoms with Crippen LogP contribution >= 0.6 is 0 Å². The summed E-state index contributed by atoms with van der Waals surface area (Å²) in [6.07, 6.45) is 6.92. The van der Waals surface area contributed by atoms with E-state index in [1.165, 1.54) is 40.8 Å². The summed E-state index contributed by atoms with van der Waals surface area (Å²) in [5.41, 5.74) is 11.9. The van der Waals surface area contributed by atoms with Gasteiger partial charge in [0.2, 0.25) is 0 Å². The van der Waals surface area contributed by atoms with E-state index in [1.807, 2.05) is 0 Å². The molecular formula is C19H25FN2. The number of allylic oxidation sites excluding steroid dienone is 1. The molecule has 0 amide bonds. The standard InChI is InChI=1S/C19H25FN2/c1-19(2,20)11-22-10-16-13(9-18(22)12-3-4-12)5-6-15-14(16)7-8-17(15)21/h5-6,9,12,17H,3-4,7-8,10-11,21H2,1-2H3. The maximum absolute atomic E-state index is 14.3. The van der Waals surface area contributed by atoms with Gasteiger partial charge >= 0.3 is 0 Å². The number of halogens is 1. The van der Waals surface area contributed by atoms with Gasteiger partial charge in [-0.15, -0.1) is 0 Å². The molecule has 3 aliphatic rings. The van der Waals surface area contributed by atoms with Crippen molar-refractivity contribution in [1.29, 1.82) is 0 Å². The second-order valence-electron chi connectivity index (χ2n) is 7.76. The van der Waals surface area contributed by atoms with Gasteiger partial charge in [0.05, 0.1) is 6.54 Å². The van der Waals surface area contributed by atoms with Crippen LogP contribution in [0.25, 0.3) is 6.08 Å². The van der Waals surface area contributed by atoms with Gasteiger partial charge in [0.25, 0.3) is 0 Å². The summed E-state index contributed by atoms with van der Waals surface area (Å²) in [5.74, 6) is 0.644. The highest BCUT2D eigenvalue weighted by molar-refractivity contribution is 5.64. The van der Waals surface area contributed by atoms with E-state index in [0.29, 0.717) is 12.5 Å². The van der Waals surface area contributed by atoms with Crippen LogP contribution in [0.3, 0.4) is 0 Å². The molecule has 0 bridgehead atoms. The van der Waals surface area contributed by atoms with E-state index in [9.17, 15) is 4.39 Å². The van der Waals surface area contributed by atoms with E-state index in [0.717, 1.165) is 19.4 Å². The van der Waals surface area contributed by atoms with Crippen molar-refractivity contribution < 1.29 is 4.39 Å². The largest absolute Gasteiger partial charge is 0.367 e. The third-order valence-corrected chi connectivity index (χ3v) is 5.19. The monoisotopic (exact) mass is 300 g/mol. The maximum atomic E-state index is 14.3. The normalized spacial score (nSPS) is 24.1. The van der Waals surface area contributed by atoms with E-state index >= 15 is 0 Å². The second-order valence-corrected chi connectivity index (χ2v) is 7.76. The summed E-state index contributed by atoms with van der Waals surface area (Å²) in [6.45, 7) is 4.68. The highest BCUT2D eigenvalue weighted by Gasteiger charge is 2.36. The molecule has 1 atom stereocenters. The molecule has 0 aromatic heterocycles. The van der Waals surface area contributed by atoms with Gasteiger partial charge in [0.15, 0.2) is 0 Å². The lowest BCUT2D eigenvalue weighted by Crippen LogP contribution is -2.37. The van der Waals surface area contributed by atoms with E-state index in [2.05, 4.69) is 23.1 Å². The van der Waals surface area contributed by atoms with Crippen molar-refractivity contribution in [2.75, 3.05) is 6.54 Å². The highest BCUT2D eigenvalue weighted by Crippen LogP contribution is 2.44. The predicted octanol–water partition coefficient (Wildman–Crippen LogP) is 3.95. The van der Waals surface area contributed by atoms with Crippen molar-refractivity contribution in [3.8, 4) is 0 Å². The number of benzene rings is 1. The summed E-state index contributed by atoms with van der Waals surface area (Å²) in [7, 11) is 0. The molecule has 2 N–H and O–H groups in total. The molecule has 2 nitrogen and oxygen atoms in total. The summed E-state index contributed by atoms with van der Waals surface area (Å²) in [5, 5.41) is 0. The van der Waals surface area contributed by atoms with E-state index in [4.69, 9.17) is 5.73 Å². The van der Waals surface area contributed by atoms with Crippen molar-refractivity contribution in [3.05, 3.63) is 40.1 Å². The molecule has 1 saturated carbocycles. The number of fused-ring (bicyclic) bond motifs is 3. The van der Waals surface area contributed by atoms with Crippen LogP contribution < -0.4 is 5.73 Å². The molecule has 1 fully saturated rings. The van der Waals surface area contributed by atoms with Crippen LogP contribution in [0.15, 0.2) is 17.8 Å². The van der Waals surface area contributed by atoms with Crippen molar-refractivity contribution in [1.82, 2.24) is 4.90 Å². The van der Waals surface area contributed by atoms with Gasteiger partial charge in [0, 0.05) is 18.3 Å². The summed E-state index contributed by atoms with van der Waals surface area (Å²) in [4.78, 5) is 2.28. The first-order chi connectivity index (χ1) is 10.4. The van der Waals surface area contributed by atoms with Gasteiger partial charge in [0.1, 0.15) is 5.67 Å². The van der Waals surface area contributed by atoms with Crippen LogP contribution in [0.4, 0.5) is 4.39 Å². The molecular weight excluding hydrogens is 275 g/mol. The zero-order valence-electron chi connectivity index (χ0n) is 13.5. The minimum absolute atomic E-state index is 0.181. The van der Waals surface area contributed by atoms with E-state index < -0.39 is 5.67 Å². The Labute approximate surface area is 132 Å². The average Bonchev–Trinajstić information content (AvgIpc) is 3.20. The van der Waals surface area contributed by atoms with Gasteiger partial charge in [-0.3, -0.25) is 0 Å². The Morgan fingerprint density at radius 1 is 1.23 bits per heavy atom. The van der Waals surface area contributed by atoms with Crippen LogP contribution in [-0.2, 0) is 13.0 Å². The zero-order valence-corrected chi connectivity index (χ0v) is 13.5. The third-order valence-electron chi connectivity index (χ3n) is 5.19. The fourth-order valence-corrected chi connectivity index (χ4v) is 4.04. The topological polar surface area (TPSA) is 29.3 Å². The Morgan fingerprint density at radius 3 is 2.68 bits per heavy atom. The lowest BCUT2D eigenvalue weighted by molar-refractivity contribution is 0.139. The Balaban J connectivity index is 1.75. The van der Waals surface area contributed by atoms with Crippen LogP contribution in [0.1, 0.15) is 61.4 Å². The SMILES string of the molecule is CC(C)(F)CN1Cc2c(ccc3c2CCC3N)C=C1C1CC1. The second kappa shape index (κ2) is 4.82. The minimum atomic E-state index is -1.17. The lowest BCUT2D eigenvalue weighted by atomic mass is 9.91. The highest BCUT2D eigenvalue weighted by atomic mass is 19.1. The zero-order chi connectivity index (χ0) is 15.5. The molecule has 22 heavy (non-hydrogen) atoms. The predicted molar refractivity (Wildman–Crippen MR) is 88.0 cm³/mol. The first kappa shape index (κ1) is 14.3. The van der Waals surface area contributed by atoms with Crippen LogP contribution in [0.5, 0.6) is 0 Å². The quantitative estimate of drug-likeness (QED) is 0.916. The lowest BCUT2D eigenvalue weighted by Gasteiger charge is -2.36. The molecule has 118 valence electrons.